The Hall–Kier alpha value is -1.50. The predicted molar refractivity (Wildman–Crippen MR) is 89.9 cm³/mol. The molecule has 0 spiro atoms. The molecule has 6 nitrogen and oxygen atoms in total. The Morgan fingerprint density at radius 3 is 2.25 bits per heavy atom. The van der Waals surface area contributed by atoms with Gasteiger partial charge in [0, 0.05) is 13.1 Å². The Morgan fingerprint density at radius 2 is 1.75 bits per heavy atom. The SMILES string of the molecule is COc1c(Cl)cc(C(=O)OCC(=O)N2C[C@@H](C)O[C@H](C)C2)cc1Cl. The van der Waals surface area contributed by atoms with E-state index in [0.29, 0.717) is 13.1 Å². The monoisotopic (exact) mass is 375 g/mol. The molecule has 0 N–H and O–H groups in total. The van der Waals surface area contributed by atoms with E-state index in [4.69, 9.17) is 37.4 Å². The van der Waals surface area contributed by atoms with Gasteiger partial charge in [0.2, 0.25) is 0 Å². The van der Waals surface area contributed by atoms with Crippen molar-refractivity contribution in [2.75, 3.05) is 26.8 Å². The number of nitrogens with zero attached hydrogens (tertiary/aromatic N) is 1. The Labute approximate surface area is 150 Å². The Morgan fingerprint density at radius 1 is 1.21 bits per heavy atom. The van der Waals surface area contributed by atoms with Gasteiger partial charge in [0.1, 0.15) is 0 Å². The molecule has 0 bridgehead atoms. The molecule has 8 heteroatoms. The fourth-order valence-corrected chi connectivity index (χ4v) is 3.20. The lowest BCUT2D eigenvalue weighted by Gasteiger charge is -2.35. The van der Waals surface area contributed by atoms with Gasteiger partial charge in [0.15, 0.2) is 12.4 Å². The van der Waals surface area contributed by atoms with Crippen LogP contribution in [0.2, 0.25) is 10.0 Å². The molecule has 0 saturated carbocycles. The molecule has 2 rings (SSSR count). The Balaban J connectivity index is 1.97. The van der Waals surface area contributed by atoms with Gasteiger partial charge in [-0.05, 0) is 26.0 Å². The zero-order chi connectivity index (χ0) is 17.9. The second-order valence-electron chi connectivity index (χ2n) is 5.61. The van der Waals surface area contributed by atoms with Gasteiger partial charge in [-0.25, -0.2) is 4.79 Å². The molecule has 1 aromatic carbocycles. The highest BCUT2D eigenvalue weighted by molar-refractivity contribution is 6.37. The third-order valence-electron chi connectivity index (χ3n) is 3.54. The quantitative estimate of drug-likeness (QED) is 0.757. The van der Waals surface area contributed by atoms with Gasteiger partial charge < -0.3 is 19.1 Å². The number of hydrogen-bond donors (Lipinski definition) is 0. The summed E-state index contributed by atoms with van der Waals surface area (Å²) in [6.45, 7) is 4.38. The number of carbonyl (C=O) groups excluding carboxylic acids is 2. The predicted octanol–water partition coefficient (Wildman–Crippen LogP) is 2.79. The van der Waals surface area contributed by atoms with Gasteiger partial charge in [0.25, 0.3) is 5.91 Å². The number of esters is 1. The number of carbonyl (C=O) groups is 2. The van der Waals surface area contributed by atoms with Crippen molar-refractivity contribution in [2.45, 2.75) is 26.1 Å². The zero-order valence-electron chi connectivity index (χ0n) is 13.7. The summed E-state index contributed by atoms with van der Waals surface area (Å²) in [5.74, 6) is -0.664. The molecule has 0 unspecified atom stereocenters. The second-order valence-corrected chi connectivity index (χ2v) is 6.42. The first kappa shape index (κ1) is 18.8. The number of ether oxygens (including phenoxy) is 3. The summed E-state index contributed by atoms with van der Waals surface area (Å²) in [5, 5.41) is 0.387. The van der Waals surface area contributed by atoms with Crippen LogP contribution in [-0.4, -0.2) is 55.8 Å². The normalized spacial score (nSPS) is 20.6. The Kier molecular flexibility index (Phi) is 6.32. The van der Waals surface area contributed by atoms with Crippen molar-refractivity contribution in [3.63, 3.8) is 0 Å². The van der Waals surface area contributed by atoms with Crippen molar-refractivity contribution >= 4 is 35.1 Å². The van der Waals surface area contributed by atoms with Gasteiger partial charge in [-0.3, -0.25) is 4.79 Å². The van der Waals surface area contributed by atoms with Crippen molar-refractivity contribution < 1.29 is 23.8 Å². The van der Waals surface area contributed by atoms with Crippen LogP contribution in [0.5, 0.6) is 5.75 Å². The minimum atomic E-state index is -0.677. The summed E-state index contributed by atoms with van der Waals surface area (Å²) < 4.78 is 15.7. The van der Waals surface area contributed by atoms with Crippen LogP contribution in [0, 0.1) is 0 Å². The molecule has 1 aliphatic rings. The molecular formula is C16H19Cl2NO5. The summed E-state index contributed by atoms with van der Waals surface area (Å²) in [5.41, 5.74) is 0.155. The lowest BCUT2D eigenvalue weighted by molar-refractivity contribution is -0.146. The highest BCUT2D eigenvalue weighted by atomic mass is 35.5. The molecule has 0 aliphatic carbocycles. The van der Waals surface area contributed by atoms with Gasteiger partial charge in [-0.15, -0.1) is 0 Å². The molecule has 1 saturated heterocycles. The van der Waals surface area contributed by atoms with Gasteiger partial charge >= 0.3 is 5.97 Å². The van der Waals surface area contributed by atoms with Gasteiger partial charge in [0.05, 0.1) is 34.9 Å². The van der Waals surface area contributed by atoms with Gasteiger partial charge in [-0.2, -0.15) is 0 Å². The van der Waals surface area contributed by atoms with Crippen LogP contribution in [-0.2, 0) is 14.3 Å². The smallest absolute Gasteiger partial charge is 0.338 e. The van der Waals surface area contributed by atoms with Crippen molar-refractivity contribution in [3.8, 4) is 5.75 Å². The molecule has 132 valence electrons. The summed E-state index contributed by atoms with van der Waals surface area (Å²) in [6, 6.07) is 2.77. The fraction of sp³-hybridized carbons (Fsp3) is 0.500. The number of morpholine rings is 1. The maximum Gasteiger partial charge on any atom is 0.338 e. The highest BCUT2D eigenvalue weighted by Gasteiger charge is 2.26. The average Bonchev–Trinajstić information content (AvgIpc) is 2.50. The van der Waals surface area contributed by atoms with Gasteiger partial charge in [-0.1, -0.05) is 23.2 Å². The molecule has 1 aromatic rings. The van der Waals surface area contributed by atoms with Crippen molar-refractivity contribution in [1.82, 2.24) is 4.90 Å². The third-order valence-corrected chi connectivity index (χ3v) is 4.10. The van der Waals surface area contributed by atoms with E-state index in [1.165, 1.54) is 19.2 Å². The van der Waals surface area contributed by atoms with E-state index in [1.807, 2.05) is 13.8 Å². The van der Waals surface area contributed by atoms with Crippen LogP contribution < -0.4 is 4.74 Å². The molecule has 1 aliphatic heterocycles. The first-order valence-electron chi connectivity index (χ1n) is 7.45. The van der Waals surface area contributed by atoms with E-state index in [1.54, 1.807) is 4.90 Å². The summed E-state index contributed by atoms with van der Waals surface area (Å²) in [4.78, 5) is 25.9. The van der Waals surface area contributed by atoms with E-state index in [0.717, 1.165) is 0 Å². The average molecular weight is 376 g/mol. The molecule has 0 aromatic heterocycles. The molecule has 1 amide bonds. The van der Waals surface area contributed by atoms with E-state index in [9.17, 15) is 9.59 Å². The number of benzene rings is 1. The number of rotatable bonds is 4. The minimum absolute atomic E-state index is 0.0485. The number of methoxy groups -OCH3 is 1. The topological polar surface area (TPSA) is 65.1 Å². The largest absolute Gasteiger partial charge is 0.494 e. The van der Waals surface area contributed by atoms with Crippen molar-refractivity contribution in [1.29, 1.82) is 0 Å². The fourth-order valence-electron chi connectivity index (χ4n) is 2.56. The van der Waals surface area contributed by atoms with E-state index in [-0.39, 0.29) is 46.1 Å². The van der Waals surface area contributed by atoms with Crippen LogP contribution in [0.25, 0.3) is 0 Å². The molecular weight excluding hydrogens is 357 g/mol. The number of halogens is 2. The Bertz CT molecular complexity index is 604. The molecule has 1 heterocycles. The minimum Gasteiger partial charge on any atom is -0.494 e. The number of amides is 1. The first-order valence-corrected chi connectivity index (χ1v) is 8.20. The third kappa shape index (κ3) is 4.53. The molecule has 0 radical (unpaired) electrons. The van der Waals surface area contributed by atoms with Crippen LogP contribution >= 0.6 is 23.2 Å². The first-order chi connectivity index (χ1) is 11.3. The zero-order valence-corrected chi connectivity index (χ0v) is 15.2. The summed E-state index contributed by atoms with van der Waals surface area (Å²) >= 11 is 12.0. The van der Waals surface area contributed by atoms with Crippen LogP contribution in [0.1, 0.15) is 24.2 Å². The maximum absolute atomic E-state index is 12.2. The van der Waals surface area contributed by atoms with E-state index >= 15 is 0 Å². The lowest BCUT2D eigenvalue weighted by Crippen LogP contribution is -2.49. The lowest BCUT2D eigenvalue weighted by atomic mass is 10.2. The van der Waals surface area contributed by atoms with Crippen molar-refractivity contribution in [3.05, 3.63) is 27.7 Å². The standard InChI is InChI=1S/C16H19Cl2NO5/c1-9-6-19(7-10(2)24-9)14(20)8-23-16(21)11-4-12(17)15(22-3)13(18)5-11/h4-5,9-10H,6-8H2,1-3H3/t9-,10-/m1/s1. The molecule has 2 atom stereocenters. The summed E-state index contributed by atoms with van der Waals surface area (Å²) in [6.07, 6.45) is -0.0970. The highest BCUT2D eigenvalue weighted by Crippen LogP contribution is 2.33. The van der Waals surface area contributed by atoms with E-state index in [2.05, 4.69) is 0 Å². The summed E-state index contributed by atoms with van der Waals surface area (Å²) in [7, 11) is 1.42. The number of hydrogen-bond acceptors (Lipinski definition) is 5. The second kappa shape index (κ2) is 8.05. The maximum atomic E-state index is 12.2. The van der Waals surface area contributed by atoms with Crippen LogP contribution in [0.4, 0.5) is 0 Å². The van der Waals surface area contributed by atoms with Crippen LogP contribution in [0.3, 0.4) is 0 Å². The van der Waals surface area contributed by atoms with Crippen LogP contribution in [0.15, 0.2) is 12.1 Å². The van der Waals surface area contributed by atoms with Crippen molar-refractivity contribution in [2.24, 2.45) is 0 Å². The molecule has 24 heavy (non-hydrogen) atoms. The molecule has 1 fully saturated rings. The van der Waals surface area contributed by atoms with E-state index < -0.39 is 5.97 Å².